The maximum absolute atomic E-state index is 13.4. The van der Waals surface area contributed by atoms with Crippen molar-refractivity contribution in [3.63, 3.8) is 0 Å². The number of ketones is 2. The minimum absolute atomic E-state index is 0.0240. The molecule has 0 spiro atoms. The molecule has 260 valence electrons. The molecule has 2 aromatic rings. The molecule has 0 saturated carbocycles. The van der Waals surface area contributed by atoms with Gasteiger partial charge in [0.1, 0.15) is 5.69 Å². The number of oxime groups is 1. The van der Waals surface area contributed by atoms with E-state index in [9.17, 15) is 54.0 Å². The molecule has 1 aromatic heterocycles. The zero-order chi connectivity index (χ0) is 36.2. The smallest absolute Gasteiger partial charge is 0.350 e. The van der Waals surface area contributed by atoms with Crippen molar-refractivity contribution in [3.05, 3.63) is 33.8 Å². The summed E-state index contributed by atoms with van der Waals surface area (Å²) in [6.45, 7) is 1.43. The number of aromatic nitrogens is 1. The lowest BCUT2D eigenvalue weighted by molar-refractivity contribution is -0.161. The van der Waals surface area contributed by atoms with Gasteiger partial charge in [-0.1, -0.05) is 28.5 Å². The number of carbonyl (C=O) groups excluding carboxylic acids is 5. The number of thioether (sulfide) groups is 1. The van der Waals surface area contributed by atoms with Crippen LogP contribution in [0, 0.1) is 5.92 Å². The first kappa shape index (κ1) is 35.2. The summed E-state index contributed by atoms with van der Waals surface area (Å²) in [4.78, 5) is 98.8. The summed E-state index contributed by atoms with van der Waals surface area (Å²) in [5.74, 6) is -9.37. The van der Waals surface area contributed by atoms with Gasteiger partial charge in [0, 0.05) is 18.3 Å². The lowest BCUT2D eigenvalue weighted by Crippen LogP contribution is -2.60. The van der Waals surface area contributed by atoms with Crippen molar-refractivity contribution < 1.29 is 58.8 Å². The normalized spacial score (nSPS) is 22.1. The lowest BCUT2D eigenvalue weighted by Gasteiger charge is -2.40. The van der Waals surface area contributed by atoms with Crippen LogP contribution < -0.4 is 11.2 Å². The minimum Gasteiger partial charge on any atom is -0.504 e. The van der Waals surface area contributed by atoms with Gasteiger partial charge in [-0.05, 0) is 26.0 Å². The van der Waals surface area contributed by atoms with E-state index in [0.717, 1.165) is 40.1 Å². The number of carbonyl (C=O) groups is 7. The number of anilines is 1. The zero-order valence-corrected chi connectivity index (χ0v) is 27.7. The number of urea groups is 1. The maximum Gasteiger partial charge on any atom is 0.350 e. The summed E-state index contributed by atoms with van der Waals surface area (Å²) >= 11 is 7.57. The fourth-order valence-electron chi connectivity index (χ4n) is 5.08. The summed E-state index contributed by atoms with van der Waals surface area (Å²) in [5.41, 5.74) is 5.04. The van der Waals surface area contributed by atoms with Crippen LogP contribution in [-0.2, 0) is 28.8 Å². The van der Waals surface area contributed by atoms with Gasteiger partial charge in [0.2, 0.25) is 16.4 Å². The van der Waals surface area contributed by atoms with E-state index in [1.807, 2.05) is 0 Å². The highest BCUT2D eigenvalue weighted by atomic mass is 35.5. The van der Waals surface area contributed by atoms with Crippen molar-refractivity contribution in [2.75, 3.05) is 25.4 Å². The summed E-state index contributed by atoms with van der Waals surface area (Å²) in [7, 11) is 0. The number of hydrogen-bond donors (Lipinski definition) is 6. The summed E-state index contributed by atoms with van der Waals surface area (Å²) in [6.07, 6.45) is -0.497. The van der Waals surface area contributed by atoms with Crippen LogP contribution in [-0.4, -0.2) is 123 Å². The van der Waals surface area contributed by atoms with Crippen LogP contribution in [0.15, 0.2) is 22.7 Å². The molecular formula is C27H26ClN7O12S2. The third kappa shape index (κ3) is 6.15. The minimum atomic E-state index is -2.04. The number of amides is 4. The first-order valence-corrected chi connectivity index (χ1v) is 16.1. The molecule has 3 fully saturated rings. The highest BCUT2D eigenvalue weighted by Gasteiger charge is 2.66. The van der Waals surface area contributed by atoms with Gasteiger partial charge in [-0.25, -0.2) is 24.4 Å². The number of fused-ring (bicyclic) bond motifs is 1. The predicted octanol–water partition coefficient (Wildman–Crippen LogP) is 0.297. The number of hydrazine groups is 1. The van der Waals surface area contributed by atoms with E-state index in [1.165, 1.54) is 24.1 Å². The number of nitrogens with zero attached hydrogens (tertiary/aromatic N) is 5. The molecule has 5 rings (SSSR count). The van der Waals surface area contributed by atoms with Crippen LogP contribution in [0.3, 0.4) is 0 Å². The number of nitrogens with one attached hydrogen (secondary N) is 1. The Bertz CT molecular complexity index is 1850. The number of aromatic hydroxyl groups is 2. The number of phenolic OH excluding ortho intramolecular Hbond substituents is 2. The van der Waals surface area contributed by atoms with Gasteiger partial charge in [0.25, 0.3) is 5.78 Å². The summed E-state index contributed by atoms with van der Waals surface area (Å²) < 4.78 is 0. The first-order valence-electron chi connectivity index (χ1n) is 14.0. The molecule has 3 atom stereocenters. The predicted molar refractivity (Wildman–Crippen MR) is 168 cm³/mol. The molecule has 1 aromatic carbocycles. The monoisotopic (exact) mass is 739 g/mol. The lowest BCUT2D eigenvalue weighted by atomic mass is 9.90. The van der Waals surface area contributed by atoms with E-state index in [0.29, 0.717) is 5.01 Å². The third-order valence-electron chi connectivity index (χ3n) is 7.83. The second kappa shape index (κ2) is 12.7. The Morgan fingerprint density at radius 2 is 1.88 bits per heavy atom. The average molecular weight is 740 g/mol. The van der Waals surface area contributed by atoms with Crippen LogP contribution in [0.4, 0.5) is 9.93 Å². The topological polar surface area (TPSA) is 283 Å². The molecule has 49 heavy (non-hydrogen) atoms. The summed E-state index contributed by atoms with van der Waals surface area (Å²) in [6, 6.07) is 0.909. The Balaban J connectivity index is 1.30. The SMILES string of the molecule is CC(C)(O/N=C(\C(=O)C[C@@H]1C(=O)N2C[C@@](C(=O)O)(N3CCN(NC(=O)C(=O)c4ccc(O)c(O)c4Cl)C3=O)S[C@H]12)c1csc(N)n1)C(=O)O. The molecule has 0 radical (unpaired) electrons. The second-order valence-corrected chi connectivity index (χ2v) is 14.0. The van der Waals surface area contributed by atoms with Crippen molar-refractivity contribution >= 4 is 86.9 Å². The number of phenols is 2. The van der Waals surface area contributed by atoms with Crippen LogP contribution in [0.25, 0.3) is 0 Å². The van der Waals surface area contributed by atoms with Gasteiger partial charge in [0.05, 0.1) is 35.0 Å². The maximum atomic E-state index is 13.4. The molecule has 0 unspecified atom stereocenters. The molecule has 4 amide bonds. The zero-order valence-electron chi connectivity index (χ0n) is 25.3. The number of nitrogens with two attached hydrogens (primary N) is 1. The number of nitrogen functional groups attached to an aromatic ring is 1. The van der Waals surface area contributed by atoms with Crippen LogP contribution in [0.1, 0.15) is 36.3 Å². The van der Waals surface area contributed by atoms with Crippen molar-refractivity contribution in [1.82, 2.24) is 25.2 Å². The van der Waals surface area contributed by atoms with Crippen LogP contribution in [0.2, 0.25) is 5.02 Å². The Hall–Kier alpha value is -5.15. The molecule has 19 nitrogen and oxygen atoms in total. The number of rotatable bonds is 12. The van der Waals surface area contributed by atoms with E-state index >= 15 is 0 Å². The number of thiazole rings is 1. The van der Waals surface area contributed by atoms with Crippen LogP contribution >= 0.6 is 34.7 Å². The number of halogens is 1. The fourth-order valence-corrected chi connectivity index (χ4v) is 7.57. The van der Waals surface area contributed by atoms with Gasteiger partial charge in [-0.15, -0.1) is 11.3 Å². The molecule has 3 aliphatic rings. The molecule has 3 saturated heterocycles. The Morgan fingerprint density at radius 1 is 1.18 bits per heavy atom. The van der Waals surface area contributed by atoms with Crippen molar-refractivity contribution in [1.29, 1.82) is 0 Å². The Labute approximate surface area is 288 Å². The highest BCUT2D eigenvalue weighted by molar-refractivity contribution is 8.02. The first-order chi connectivity index (χ1) is 22.9. The van der Waals surface area contributed by atoms with Crippen molar-refractivity contribution in [2.45, 2.75) is 36.1 Å². The summed E-state index contributed by atoms with van der Waals surface area (Å²) in [5, 5.41) is 43.4. The van der Waals surface area contributed by atoms with Gasteiger partial charge in [-0.3, -0.25) is 29.5 Å². The largest absolute Gasteiger partial charge is 0.504 e. The van der Waals surface area contributed by atoms with Gasteiger partial charge in [-0.2, -0.15) is 0 Å². The van der Waals surface area contributed by atoms with Gasteiger partial charge >= 0.3 is 23.9 Å². The average Bonchev–Trinajstić information content (AvgIpc) is 3.74. The number of Topliss-reactive ketones (excluding diaryl/α,β-unsaturated/α-hetero) is 2. The van der Waals surface area contributed by atoms with E-state index < -0.39 is 104 Å². The molecule has 22 heteroatoms. The number of carboxylic acids is 2. The number of β-lactam (4-membered cyclic amide) rings is 1. The van der Waals surface area contributed by atoms with Crippen LogP contribution in [0.5, 0.6) is 11.5 Å². The van der Waals surface area contributed by atoms with E-state index in [-0.39, 0.29) is 23.9 Å². The van der Waals surface area contributed by atoms with E-state index in [4.69, 9.17) is 22.2 Å². The van der Waals surface area contributed by atoms with Crippen molar-refractivity contribution in [3.8, 4) is 11.5 Å². The standard InChI is InChI=1S/C27H26ClN7O12S2/c1-26(2,22(42)43)47-32-16(12-8-48-24(29)30-12)14(37)7-11-20(41)33-9-27(23(44)45,49-21(11)33)34-5-6-35(25(34)46)31-19(40)17(38)10-3-4-13(36)18(39)15(10)28/h3-4,8,11,21,36,39H,5-7,9H2,1-2H3,(H2,29,30)(H,31,40)(H,42,43)(H,44,45)/b32-16-/t11-,21-,27-/m1/s1. The molecule has 7 N–H and O–H groups in total. The van der Waals surface area contributed by atoms with Gasteiger partial charge < -0.3 is 35.9 Å². The third-order valence-corrected chi connectivity index (χ3v) is 10.6. The molecule has 0 aliphatic carbocycles. The highest BCUT2D eigenvalue weighted by Crippen LogP contribution is 2.53. The second-order valence-electron chi connectivity index (χ2n) is 11.4. The molecule has 0 bridgehead atoms. The Morgan fingerprint density at radius 3 is 2.49 bits per heavy atom. The van der Waals surface area contributed by atoms with Crippen molar-refractivity contribution in [2.24, 2.45) is 11.1 Å². The molecule has 3 aliphatic heterocycles. The van der Waals surface area contributed by atoms with E-state index in [1.54, 1.807) is 0 Å². The number of aliphatic carboxylic acids is 2. The fraction of sp³-hybridized carbons (Fsp3) is 0.370. The quantitative estimate of drug-likeness (QED) is 0.0426. The Kier molecular flexibility index (Phi) is 9.12. The van der Waals surface area contributed by atoms with Gasteiger partial charge in [0.15, 0.2) is 28.1 Å². The number of benzene rings is 1. The number of hydrogen-bond acceptors (Lipinski definition) is 15. The molecular weight excluding hydrogens is 714 g/mol. The number of carboxylic acid groups (broad SMARTS) is 2. The van der Waals surface area contributed by atoms with E-state index in [2.05, 4.69) is 15.6 Å². The molecule has 4 heterocycles.